The maximum Gasteiger partial charge on any atom is 0.164 e. The number of nitrogens with zero attached hydrogens (tertiary/aromatic N) is 3. The van der Waals surface area contributed by atoms with Gasteiger partial charge in [0.1, 0.15) is 0 Å². The molecule has 0 saturated carbocycles. The van der Waals surface area contributed by atoms with E-state index in [-0.39, 0.29) is 10.8 Å². The van der Waals surface area contributed by atoms with Gasteiger partial charge in [-0.05, 0) is 102 Å². The first-order chi connectivity index (χ1) is 29.2. The number of rotatable bonds is 6. The maximum absolute atomic E-state index is 5.03. The van der Waals surface area contributed by atoms with E-state index in [0.29, 0.717) is 17.5 Å². The normalized spacial score (nSPS) is 13.9. The molecule has 0 unspecified atom stereocenters. The molecule has 60 heavy (non-hydrogen) atoms. The van der Waals surface area contributed by atoms with Crippen LogP contribution in [0, 0.1) is 0 Å². The average Bonchev–Trinajstić information content (AvgIpc) is 3.67. The van der Waals surface area contributed by atoms with Gasteiger partial charge >= 0.3 is 0 Å². The minimum Gasteiger partial charge on any atom is -0.208 e. The highest BCUT2D eigenvalue weighted by Crippen LogP contribution is 2.56. The Morgan fingerprint density at radius 2 is 0.600 bits per heavy atom. The standard InChI is InChI=1S/C57H43N3/c1-56(2)49-21-12-11-20-45(49)47-34-52-48(35-51(47)56)46-33-44(30-31-50(46)57(52,3)4)43-19-13-18-42(32-43)38-24-28-41(29-25-38)55-59-53(39-16-9-6-10-17-39)58-54(60-55)40-26-22-37(23-27-40)36-14-7-5-8-15-36/h5-35H,1-4H3. The van der Waals surface area contributed by atoms with Gasteiger partial charge in [-0.3, -0.25) is 0 Å². The fourth-order valence-electron chi connectivity index (χ4n) is 9.61. The van der Waals surface area contributed by atoms with Gasteiger partial charge in [-0.25, -0.2) is 15.0 Å². The number of aromatic nitrogens is 3. The minimum atomic E-state index is -0.0857. The third-order valence-electron chi connectivity index (χ3n) is 13.0. The smallest absolute Gasteiger partial charge is 0.164 e. The molecule has 286 valence electrons. The third kappa shape index (κ3) is 5.84. The zero-order valence-corrected chi connectivity index (χ0v) is 34.2. The molecule has 0 fully saturated rings. The summed E-state index contributed by atoms with van der Waals surface area (Å²) in [6.07, 6.45) is 0. The average molecular weight is 770 g/mol. The lowest BCUT2D eigenvalue weighted by molar-refractivity contribution is 0.652. The van der Waals surface area contributed by atoms with Crippen LogP contribution in [-0.4, -0.2) is 15.0 Å². The quantitative estimate of drug-likeness (QED) is 0.169. The molecule has 0 aliphatic heterocycles. The van der Waals surface area contributed by atoms with Gasteiger partial charge in [-0.15, -0.1) is 0 Å². The van der Waals surface area contributed by atoms with Gasteiger partial charge in [-0.2, -0.15) is 0 Å². The van der Waals surface area contributed by atoms with E-state index in [1.165, 1.54) is 61.2 Å². The Balaban J connectivity index is 0.920. The molecule has 0 radical (unpaired) electrons. The molecule has 8 aromatic carbocycles. The van der Waals surface area contributed by atoms with Crippen molar-refractivity contribution in [2.75, 3.05) is 0 Å². The topological polar surface area (TPSA) is 38.7 Å². The number of fused-ring (bicyclic) bond motifs is 6. The van der Waals surface area contributed by atoms with E-state index in [4.69, 9.17) is 15.0 Å². The van der Waals surface area contributed by atoms with Gasteiger partial charge in [0.25, 0.3) is 0 Å². The van der Waals surface area contributed by atoms with Crippen molar-refractivity contribution in [2.45, 2.75) is 38.5 Å². The summed E-state index contributed by atoms with van der Waals surface area (Å²) < 4.78 is 0. The van der Waals surface area contributed by atoms with E-state index >= 15 is 0 Å². The van der Waals surface area contributed by atoms with Crippen LogP contribution < -0.4 is 0 Å². The van der Waals surface area contributed by atoms with Crippen LogP contribution >= 0.6 is 0 Å². The highest BCUT2D eigenvalue weighted by molar-refractivity contribution is 5.91. The molecule has 3 nitrogen and oxygen atoms in total. The molecule has 3 heteroatoms. The molecule has 9 aromatic rings. The highest BCUT2D eigenvalue weighted by atomic mass is 15.0. The van der Waals surface area contributed by atoms with Crippen LogP contribution in [0.4, 0.5) is 0 Å². The van der Waals surface area contributed by atoms with Crippen LogP contribution in [0.1, 0.15) is 49.9 Å². The van der Waals surface area contributed by atoms with Crippen molar-refractivity contribution in [2.24, 2.45) is 0 Å². The predicted molar refractivity (Wildman–Crippen MR) is 248 cm³/mol. The van der Waals surface area contributed by atoms with Gasteiger partial charge in [0.2, 0.25) is 0 Å². The molecule has 11 rings (SSSR count). The highest BCUT2D eigenvalue weighted by Gasteiger charge is 2.41. The van der Waals surface area contributed by atoms with E-state index < -0.39 is 0 Å². The zero-order valence-electron chi connectivity index (χ0n) is 34.2. The van der Waals surface area contributed by atoms with Gasteiger partial charge in [-0.1, -0.05) is 191 Å². The predicted octanol–water partition coefficient (Wildman–Crippen LogP) is 14.5. The summed E-state index contributed by atoms with van der Waals surface area (Å²) in [5.41, 5.74) is 20.9. The van der Waals surface area contributed by atoms with E-state index in [1.807, 2.05) is 36.4 Å². The Morgan fingerprint density at radius 3 is 1.18 bits per heavy atom. The number of hydrogen-bond donors (Lipinski definition) is 0. The Kier molecular flexibility index (Phi) is 8.18. The van der Waals surface area contributed by atoms with Crippen molar-refractivity contribution in [3.8, 4) is 89.8 Å². The van der Waals surface area contributed by atoms with Gasteiger partial charge < -0.3 is 0 Å². The molecule has 1 heterocycles. The second-order valence-corrected chi connectivity index (χ2v) is 17.3. The van der Waals surface area contributed by atoms with Gasteiger partial charge in [0, 0.05) is 27.5 Å². The fourth-order valence-corrected chi connectivity index (χ4v) is 9.61. The van der Waals surface area contributed by atoms with E-state index in [9.17, 15) is 0 Å². The van der Waals surface area contributed by atoms with Crippen LogP contribution in [0.3, 0.4) is 0 Å². The first-order valence-corrected chi connectivity index (χ1v) is 20.8. The molecule has 1 aromatic heterocycles. The Hall–Kier alpha value is -7.23. The summed E-state index contributed by atoms with van der Waals surface area (Å²) >= 11 is 0. The molecule has 0 saturated heterocycles. The molecular formula is C57H43N3. The third-order valence-corrected chi connectivity index (χ3v) is 13.0. The van der Waals surface area contributed by atoms with Crippen LogP contribution in [0.15, 0.2) is 188 Å². The van der Waals surface area contributed by atoms with E-state index in [2.05, 4.69) is 179 Å². The number of benzene rings is 8. The second kappa shape index (κ2) is 13.7. The fraction of sp³-hybridized carbons (Fsp3) is 0.105. The van der Waals surface area contributed by atoms with Crippen molar-refractivity contribution in [3.05, 3.63) is 210 Å². The molecular weight excluding hydrogens is 727 g/mol. The van der Waals surface area contributed by atoms with Crippen molar-refractivity contribution >= 4 is 0 Å². The Labute approximate surface area is 352 Å². The van der Waals surface area contributed by atoms with Gasteiger partial charge in [0.05, 0.1) is 0 Å². The summed E-state index contributed by atoms with van der Waals surface area (Å²) in [5.74, 6) is 1.94. The lowest BCUT2D eigenvalue weighted by atomic mass is 9.79. The van der Waals surface area contributed by atoms with Crippen LogP contribution in [0.2, 0.25) is 0 Å². The van der Waals surface area contributed by atoms with Crippen LogP contribution in [0.25, 0.3) is 89.8 Å². The molecule has 2 aliphatic carbocycles. The summed E-state index contributed by atoms with van der Waals surface area (Å²) in [4.78, 5) is 15.0. The number of hydrogen-bond acceptors (Lipinski definition) is 3. The summed E-state index contributed by atoms with van der Waals surface area (Å²) in [7, 11) is 0. The largest absolute Gasteiger partial charge is 0.208 e. The summed E-state index contributed by atoms with van der Waals surface area (Å²) in [6.45, 7) is 9.50. The van der Waals surface area contributed by atoms with Crippen molar-refractivity contribution in [1.29, 1.82) is 0 Å². The Morgan fingerprint density at radius 1 is 0.250 bits per heavy atom. The zero-order chi connectivity index (χ0) is 40.6. The molecule has 0 N–H and O–H groups in total. The van der Waals surface area contributed by atoms with Crippen molar-refractivity contribution in [1.82, 2.24) is 15.0 Å². The monoisotopic (exact) mass is 769 g/mol. The maximum atomic E-state index is 5.03. The summed E-state index contributed by atoms with van der Waals surface area (Å²) in [6, 6.07) is 67.5. The molecule has 2 aliphatic rings. The summed E-state index contributed by atoms with van der Waals surface area (Å²) in [5, 5.41) is 0. The Bertz CT molecular complexity index is 3110. The van der Waals surface area contributed by atoms with Crippen LogP contribution in [0.5, 0.6) is 0 Å². The molecule has 0 amide bonds. The molecule has 0 spiro atoms. The van der Waals surface area contributed by atoms with E-state index in [0.717, 1.165) is 33.4 Å². The van der Waals surface area contributed by atoms with Crippen LogP contribution in [-0.2, 0) is 10.8 Å². The minimum absolute atomic E-state index is 0.0412. The SMILES string of the molecule is CC1(C)c2ccccc2-c2cc3c(cc21)-c1cc(-c2cccc(-c4ccc(-c5nc(-c6ccccc6)nc(-c6ccc(-c7ccccc7)cc6)n5)cc4)c2)ccc1C3(C)C. The van der Waals surface area contributed by atoms with Crippen molar-refractivity contribution in [3.63, 3.8) is 0 Å². The lowest BCUT2D eigenvalue weighted by Crippen LogP contribution is -2.16. The van der Waals surface area contributed by atoms with Crippen molar-refractivity contribution < 1.29 is 0 Å². The first kappa shape index (κ1) is 35.9. The van der Waals surface area contributed by atoms with E-state index in [1.54, 1.807) is 0 Å². The molecule has 0 bridgehead atoms. The second-order valence-electron chi connectivity index (χ2n) is 17.3. The first-order valence-electron chi connectivity index (χ1n) is 20.8. The lowest BCUT2D eigenvalue weighted by Gasteiger charge is -2.24. The van der Waals surface area contributed by atoms with Gasteiger partial charge in [0.15, 0.2) is 17.5 Å². The molecule has 0 atom stereocenters.